The number of nitrogens with zero attached hydrogens (tertiary/aromatic N) is 4. The van der Waals surface area contributed by atoms with E-state index in [1.54, 1.807) is 0 Å². The lowest BCUT2D eigenvalue weighted by atomic mass is 10.3. The summed E-state index contributed by atoms with van der Waals surface area (Å²) in [7, 11) is 0. The Morgan fingerprint density at radius 2 is 2.31 bits per heavy atom. The lowest BCUT2D eigenvalue weighted by molar-refractivity contribution is 0.152. The van der Waals surface area contributed by atoms with Crippen LogP contribution in [0.2, 0.25) is 0 Å². The number of aliphatic hydroxyl groups is 1. The first-order chi connectivity index (χ1) is 7.69. The highest BCUT2D eigenvalue weighted by molar-refractivity contribution is 5.52. The summed E-state index contributed by atoms with van der Waals surface area (Å²) in [4.78, 5) is 1.14. The molecule has 0 bridgehead atoms. The van der Waals surface area contributed by atoms with Gasteiger partial charge in [-0.15, -0.1) is 5.10 Å². The van der Waals surface area contributed by atoms with Crippen molar-refractivity contribution < 1.29 is 13.9 Å². The second kappa shape index (κ2) is 5.92. The van der Waals surface area contributed by atoms with Crippen molar-refractivity contribution in [2.45, 2.75) is 6.43 Å². The fourth-order valence-corrected chi connectivity index (χ4v) is 1.22. The molecular formula is C9H10F2N4O. The molecule has 0 aliphatic carbocycles. The number of hydrogen-bond donors (Lipinski definition) is 1. The maximum atomic E-state index is 12.3. The van der Waals surface area contributed by atoms with Gasteiger partial charge in [0.05, 0.1) is 24.9 Å². The molecule has 0 aromatic carbocycles. The van der Waals surface area contributed by atoms with E-state index in [1.165, 1.54) is 12.3 Å². The molecule has 1 aromatic heterocycles. The number of hydrogen-bond acceptors (Lipinski definition) is 5. The van der Waals surface area contributed by atoms with Gasteiger partial charge in [-0.25, -0.2) is 8.78 Å². The molecule has 1 aromatic rings. The number of nitriles is 1. The van der Waals surface area contributed by atoms with Crippen LogP contribution in [0.25, 0.3) is 0 Å². The van der Waals surface area contributed by atoms with Crippen LogP contribution in [0.4, 0.5) is 14.6 Å². The molecule has 0 spiro atoms. The Bertz CT molecular complexity index is 380. The predicted octanol–water partition coefficient (Wildman–Crippen LogP) is 0.412. The van der Waals surface area contributed by atoms with E-state index in [0.717, 1.165) is 4.90 Å². The summed E-state index contributed by atoms with van der Waals surface area (Å²) in [5.41, 5.74) is 0.157. The summed E-state index contributed by atoms with van der Waals surface area (Å²) in [5, 5.41) is 24.7. The van der Waals surface area contributed by atoms with Crippen LogP contribution in [0.15, 0.2) is 12.3 Å². The van der Waals surface area contributed by atoms with E-state index < -0.39 is 13.0 Å². The zero-order chi connectivity index (χ0) is 12.0. The van der Waals surface area contributed by atoms with Crippen LogP contribution in [0, 0.1) is 11.3 Å². The second-order valence-electron chi connectivity index (χ2n) is 2.94. The van der Waals surface area contributed by atoms with Gasteiger partial charge in [-0.2, -0.15) is 10.4 Å². The average molecular weight is 228 g/mol. The topological polar surface area (TPSA) is 73.0 Å². The van der Waals surface area contributed by atoms with Crippen molar-refractivity contribution >= 4 is 5.82 Å². The molecule has 86 valence electrons. The van der Waals surface area contributed by atoms with E-state index in [0.29, 0.717) is 0 Å². The maximum Gasteiger partial charge on any atom is 0.255 e. The molecule has 7 heteroatoms. The highest BCUT2D eigenvalue weighted by Gasteiger charge is 2.17. The molecular weight excluding hydrogens is 218 g/mol. The van der Waals surface area contributed by atoms with Crippen molar-refractivity contribution in [1.82, 2.24) is 10.2 Å². The van der Waals surface area contributed by atoms with Gasteiger partial charge in [0.15, 0.2) is 5.82 Å². The largest absolute Gasteiger partial charge is 0.395 e. The monoisotopic (exact) mass is 228 g/mol. The van der Waals surface area contributed by atoms with Crippen molar-refractivity contribution in [1.29, 1.82) is 5.26 Å². The second-order valence-corrected chi connectivity index (χ2v) is 2.94. The zero-order valence-electron chi connectivity index (χ0n) is 8.35. The van der Waals surface area contributed by atoms with Gasteiger partial charge in [0, 0.05) is 6.54 Å². The minimum absolute atomic E-state index is 0.0162. The van der Waals surface area contributed by atoms with E-state index >= 15 is 0 Å². The Hall–Kier alpha value is -1.81. The molecule has 0 aliphatic rings. The van der Waals surface area contributed by atoms with E-state index in [2.05, 4.69) is 10.2 Å². The minimum atomic E-state index is -2.57. The standard InChI is InChI=1S/C9H10F2N4O/c10-8(11)6-15(3-4-16)9-7(5-12)1-2-13-14-9/h1-2,8,16H,3-4,6H2. The average Bonchev–Trinajstić information content (AvgIpc) is 2.28. The first-order valence-electron chi connectivity index (χ1n) is 4.54. The van der Waals surface area contributed by atoms with Crippen LogP contribution in [-0.4, -0.2) is 41.4 Å². The lowest BCUT2D eigenvalue weighted by Gasteiger charge is -2.22. The number of anilines is 1. The number of halogens is 2. The van der Waals surface area contributed by atoms with E-state index in [-0.39, 0.29) is 24.5 Å². The van der Waals surface area contributed by atoms with Crippen LogP contribution in [-0.2, 0) is 0 Å². The van der Waals surface area contributed by atoms with Gasteiger partial charge in [-0.1, -0.05) is 0 Å². The summed E-state index contributed by atoms with van der Waals surface area (Å²) >= 11 is 0. The molecule has 0 aliphatic heterocycles. The van der Waals surface area contributed by atoms with Crippen LogP contribution < -0.4 is 4.90 Å². The fourth-order valence-electron chi connectivity index (χ4n) is 1.22. The Morgan fingerprint density at radius 1 is 1.56 bits per heavy atom. The molecule has 0 radical (unpaired) electrons. The van der Waals surface area contributed by atoms with Crippen molar-refractivity contribution in [2.75, 3.05) is 24.6 Å². The first-order valence-corrected chi connectivity index (χ1v) is 4.54. The van der Waals surface area contributed by atoms with Gasteiger partial charge in [-0.3, -0.25) is 0 Å². The van der Waals surface area contributed by atoms with E-state index in [4.69, 9.17) is 10.4 Å². The van der Waals surface area contributed by atoms with Gasteiger partial charge in [0.25, 0.3) is 6.43 Å². The molecule has 1 N–H and O–H groups in total. The van der Waals surface area contributed by atoms with Crippen molar-refractivity contribution in [3.05, 3.63) is 17.8 Å². The molecule has 16 heavy (non-hydrogen) atoms. The smallest absolute Gasteiger partial charge is 0.255 e. The molecule has 0 amide bonds. The number of aliphatic hydroxyl groups excluding tert-OH is 1. The van der Waals surface area contributed by atoms with Crippen molar-refractivity contribution in [3.8, 4) is 6.07 Å². The van der Waals surface area contributed by atoms with Crippen LogP contribution in [0.3, 0.4) is 0 Å². The third-order valence-electron chi connectivity index (χ3n) is 1.85. The maximum absolute atomic E-state index is 12.3. The molecule has 1 rings (SSSR count). The molecule has 1 heterocycles. The van der Waals surface area contributed by atoms with E-state index in [9.17, 15) is 8.78 Å². The SMILES string of the molecule is N#Cc1ccnnc1N(CCO)CC(F)F. The summed E-state index contributed by atoms with van der Waals surface area (Å²) < 4.78 is 24.6. The Morgan fingerprint density at radius 3 is 2.88 bits per heavy atom. The van der Waals surface area contributed by atoms with Crippen molar-refractivity contribution in [3.63, 3.8) is 0 Å². The highest BCUT2D eigenvalue weighted by atomic mass is 19.3. The normalized spacial score (nSPS) is 10.2. The summed E-state index contributed by atoms with van der Waals surface area (Å²) in [6.45, 7) is -0.903. The van der Waals surface area contributed by atoms with Gasteiger partial charge in [0.1, 0.15) is 6.07 Å². The van der Waals surface area contributed by atoms with Gasteiger partial charge in [-0.05, 0) is 6.07 Å². The van der Waals surface area contributed by atoms with Gasteiger partial charge < -0.3 is 10.0 Å². The predicted molar refractivity (Wildman–Crippen MR) is 52.0 cm³/mol. The van der Waals surface area contributed by atoms with Crippen LogP contribution >= 0.6 is 0 Å². The Kier molecular flexibility index (Phi) is 4.54. The number of aromatic nitrogens is 2. The third kappa shape index (κ3) is 3.10. The third-order valence-corrected chi connectivity index (χ3v) is 1.85. The van der Waals surface area contributed by atoms with Crippen molar-refractivity contribution in [2.24, 2.45) is 0 Å². The number of rotatable bonds is 5. The lowest BCUT2D eigenvalue weighted by Crippen LogP contribution is -2.33. The molecule has 0 unspecified atom stereocenters. The Balaban J connectivity index is 2.96. The molecule has 0 saturated carbocycles. The number of alkyl halides is 2. The quantitative estimate of drug-likeness (QED) is 0.790. The summed E-state index contributed by atoms with van der Waals surface area (Å²) in [6, 6.07) is 3.22. The molecule has 0 fully saturated rings. The fraction of sp³-hybridized carbons (Fsp3) is 0.444. The van der Waals surface area contributed by atoms with Crippen LogP contribution in [0.5, 0.6) is 0 Å². The van der Waals surface area contributed by atoms with E-state index in [1.807, 2.05) is 6.07 Å². The Labute approximate surface area is 90.9 Å². The minimum Gasteiger partial charge on any atom is -0.395 e. The molecule has 5 nitrogen and oxygen atoms in total. The summed E-state index contributed by atoms with van der Waals surface area (Å²) in [6.07, 6.45) is -1.26. The molecule has 0 saturated heterocycles. The summed E-state index contributed by atoms with van der Waals surface area (Å²) in [5.74, 6) is 0.0688. The molecule has 0 atom stereocenters. The zero-order valence-corrected chi connectivity index (χ0v) is 8.35. The van der Waals surface area contributed by atoms with Crippen LogP contribution in [0.1, 0.15) is 5.56 Å². The first kappa shape index (κ1) is 12.3. The highest BCUT2D eigenvalue weighted by Crippen LogP contribution is 2.15. The van der Waals surface area contributed by atoms with Gasteiger partial charge >= 0.3 is 0 Å². The van der Waals surface area contributed by atoms with Gasteiger partial charge in [0.2, 0.25) is 0 Å².